The van der Waals surface area contributed by atoms with Crippen LogP contribution in [0, 0.1) is 6.92 Å². The first kappa shape index (κ1) is 24.7. The molecule has 8 heteroatoms. The fourth-order valence-electron chi connectivity index (χ4n) is 3.12. The lowest BCUT2D eigenvalue weighted by atomic mass is 10.1. The number of nitrogens with one attached hydrogen (secondary N) is 1. The molecule has 0 aliphatic carbocycles. The second-order valence-corrected chi connectivity index (χ2v) is 8.45. The van der Waals surface area contributed by atoms with Crippen molar-refractivity contribution in [2.75, 3.05) is 11.5 Å². The number of benzene rings is 3. The van der Waals surface area contributed by atoms with Gasteiger partial charge in [-0.2, -0.15) is 0 Å². The minimum Gasteiger partial charge on any atom is -0.462 e. The van der Waals surface area contributed by atoms with Crippen molar-refractivity contribution in [3.05, 3.63) is 99.0 Å². The van der Waals surface area contributed by atoms with Crippen molar-refractivity contribution in [1.29, 1.82) is 0 Å². The first-order valence-electron chi connectivity index (χ1n) is 10.2. The maximum absolute atomic E-state index is 12.8. The molecule has 3 aromatic carbocycles. The van der Waals surface area contributed by atoms with E-state index >= 15 is 0 Å². The van der Waals surface area contributed by atoms with Crippen LogP contribution in [-0.4, -0.2) is 23.6 Å². The predicted molar refractivity (Wildman–Crippen MR) is 136 cm³/mol. The first-order valence-corrected chi connectivity index (χ1v) is 11.4. The van der Waals surface area contributed by atoms with E-state index in [0.29, 0.717) is 26.9 Å². The van der Waals surface area contributed by atoms with Crippen LogP contribution in [0.5, 0.6) is 0 Å². The molecule has 0 heterocycles. The lowest BCUT2D eigenvalue weighted by molar-refractivity contribution is 0.0526. The minimum absolute atomic E-state index is 0.191. The Morgan fingerprint density at radius 2 is 1.73 bits per heavy atom. The highest BCUT2D eigenvalue weighted by atomic mass is 35.5. The van der Waals surface area contributed by atoms with Gasteiger partial charge in [0, 0.05) is 21.3 Å². The molecule has 0 unspecified atom stereocenters. The van der Waals surface area contributed by atoms with Crippen molar-refractivity contribution in [3.63, 3.8) is 0 Å². The summed E-state index contributed by atoms with van der Waals surface area (Å²) in [6.45, 7) is 4.23. The van der Waals surface area contributed by atoms with Crippen LogP contribution in [0.3, 0.4) is 0 Å². The fraction of sp³-hybridized carbons (Fsp3) is 0.160. The van der Waals surface area contributed by atoms with Gasteiger partial charge in [-0.3, -0.25) is 10.1 Å². The number of amides is 1. The van der Waals surface area contributed by atoms with Gasteiger partial charge in [0.25, 0.3) is 5.91 Å². The molecule has 3 aromatic rings. The van der Waals surface area contributed by atoms with E-state index in [9.17, 15) is 9.59 Å². The van der Waals surface area contributed by atoms with Crippen LogP contribution in [-0.2, 0) is 11.3 Å². The second kappa shape index (κ2) is 11.3. The van der Waals surface area contributed by atoms with Crippen molar-refractivity contribution in [1.82, 2.24) is 5.32 Å². The van der Waals surface area contributed by atoms with Gasteiger partial charge in [0.2, 0.25) is 0 Å². The van der Waals surface area contributed by atoms with Gasteiger partial charge in [-0.15, -0.1) is 0 Å². The van der Waals surface area contributed by atoms with Crippen LogP contribution in [0.15, 0.2) is 66.7 Å². The number of anilines is 1. The third-order valence-corrected chi connectivity index (χ3v) is 5.69. The molecular weight excluding hydrogens is 479 g/mol. The first-order chi connectivity index (χ1) is 15.8. The van der Waals surface area contributed by atoms with Crippen LogP contribution in [0.4, 0.5) is 5.69 Å². The Kier molecular flexibility index (Phi) is 8.44. The van der Waals surface area contributed by atoms with Gasteiger partial charge in [0.15, 0.2) is 5.11 Å². The second-order valence-electron chi connectivity index (χ2n) is 7.22. The van der Waals surface area contributed by atoms with E-state index in [1.54, 1.807) is 66.4 Å². The molecule has 3 rings (SSSR count). The zero-order chi connectivity index (χ0) is 24.0. The molecule has 0 saturated carbocycles. The topological polar surface area (TPSA) is 58.6 Å². The molecule has 5 nitrogen and oxygen atoms in total. The molecule has 0 aliphatic rings. The van der Waals surface area contributed by atoms with Gasteiger partial charge in [0.05, 0.1) is 18.7 Å². The third kappa shape index (κ3) is 6.54. The van der Waals surface area contributed by atoms with Crippen LogP contribution >= 0.6 is 35.4 Å². The van der Waals surface area contributed by atoms with Crippen molar-refractivity contribution >= 4 is 58.1 Å². The van der Waals surface area contributed by atoms with Crippen molar-refractivity contribution in [3.8, 4) is 0 Å². The number of halogens is 2. The quantitative estimate of drug-likeness (QED) is 0.322. The van der Waals surface area contributed by atoms with Gasteiger partial charge in [-0.1, -0.05) is 47.0 Å². The Labute approximate surface area is 208 Å². The maximum atomic E-state index is 12.8. The van der Waals surface area contributed by atoms with E-state index in [0.717, 1.165) is 11.1 Å². The zero-order valence-corrected chi connectivity index (χ0v) is 20.4. The number of carbonyl (C=O) groups is 2. The Morgan fingerprint density at radius 3 is 2.36 bits per heavy atom. The highest BCUT2D eigenvalue weighted by molar-refractivity contribution is 7.80. The molecule has 170 valence electrons. The summed E-state index contributed by atoms with van der Waals surface area (Å²) in [6, 6.07) is 19.2. The fourth-order valence-corrected chi connectivity index (χ4v) is 3.85. The molecule has 0 radical (unpaired) electrons. The molecule has 0 saturated heterocycles. The minimum atomic E-state index is -0.410. The van der Waals surface area contributed by atoms with E-state index in [2.05, 4.69) is 5.32 Å². The highest BCUT2D eigenvalue weighted by Gasteiger charge is 2.19. The Bertz CT molecular complexity index is 1180. The number of carbonyl (C=O) groups excluding carboxylic acids is 2. The van der Waals surface area contributed by atoms with E-state index < -0.39 is 5.97 Å². The van der Waals surface area contributed by atoms with E-state index in [1.807, 2.05) is 19.1 Å². The molecule has 33 heavy (non-hydrogen) atoms. The molecular formula is C25H22Cl2N2O3S. The summed E-state index contributed by atoms with van der Waals surface area (Å²) in [4.78, 5) is 26.5. The van der Waals surface area contributed by atoms with Crippen LogP contribution in [0.2, 0.25) is 10.0 Å². The van der Waals surface area contributed by atoms with Crippen molar-refractivity contribution < 1.29 is 14.3 Å². The average molecular weight is 501 g/mol. The molecule has 0 bridgehead atoms. The molecule has 0 atom stereocenters. The number of esters is 1. The SMILES string of the molecule is CCOC(=O)c1ccc(N(Cc2ccc(Cl)cc2Cl)C(=S)NC(=O)c2cccc(C)c2)cc1. The van der Waals surface area contributed by atoms with E-state index in [4.69, 9.17) is 40.2 Å². The summed E-state index contributed by atoms with van der Waals surface area (Å²) in [6.07, 6.45) is 0. The third-order valence-electron chi connectivity index (χ3n) is 4.78. The van der Waals surface area contributed by atoms with Crippen LogP contribution in [0.1, 0.15) is 38.8 Å². The summed E-state index contributed by atoms with van der Waals surface area (Å²) >= 11 is 18.0. The number of hydrogen-bond acceptors (Lipinski definition) is 4. The monoisotopic (exact) mass is 500 g/mol. The van der Waals surface area contributed by atoms with Gasteiger partial charge in [-0.05, 0) is 80.2 Å². The standard InChI is InChI=1S/C25H22Cl2N2O3S/c1-3-32-24(31)17-8-11-21(12-9-17)29(15-19-7-10-20(26)14-22(19)27)25(33)28-23(30)18-6-4-5-16(2)13-18/h4-14H,3,15H2,1-2H3,(H,28,30,33). The molecule has 0 aromatic heterocycles. The average Bonchev–Trinajstić information content (AvgIpc) is 2.79. The van der Waals surface area contributed by atoms with Gasteiger partial charge < -0.3 is 9.64 Å². The van der Waals surface area contributed by atoms with Gasteiger partial charge in [0.1, 0.15) is 0 Å². The molecule has 0 aliphatic heterocycles. The lowest BCUT2D eigenvalue weighted by Crippen LogP contribution is -2.42. The number of thiocarbonyl (C=S) groups is 1. The number of aryl methyl sites for hydroxylation is 1. The molecule has 0 fully saturated rings. The summed E-state index contributed by atoms with van der Waals surface area (Å²) in [5.74, 6) is -0.731. The maximum Gasteiger partial charge on any atom is 0.338 e. The lowest BCUT2D eigenvalue weighted by Gasteiger charge is -2.26. The summed E-state index contributed by atoms with van der Waals surface area (Å²) < 4.78 is 5.04. The largest absolute Gasteiger partial charge is 0.462 e. The van der Waals surface area contributed by atoms with Crippen LogP contribution < -0.4 is 10.2 Å². The van der Waals surface area contributed by atoms with Gasteiger partial charge in [-0.25, -0.2) is 4.79 Å². The Morgan fingerprint density at radius 1 is 1.00 bits per heavy atom. The molecule has 1 N–H and O–H groups in total. The number of nitrogens with zero attached hydrogens (tertiary/aromatic N) is 1. The summed E-state index contributed by atoms with van der Waals surface area (Å²) in [5.41, 5.74) is 3.32. The van der Waals surface area contributed by atoms with Crippen molar-refractivity contribution in [2.45, 2.75) is 20.4 Å². The number of hydrogen-bond donors (Lipinski definition) is 1. The normalized spacial score (nSPS) is 10.4. The molecule has 0 spiro atoms. The van der Waals surface area contributed by atoms with E-state index in [1.165, 1.54) is 0 Å². The number of rotatable bonds is 6. The summed E-state index contributed by atoms with van der Waals surface area (Å²) in [5, 5.41) is 3.97. The molecule has 1 amide bonds. The van der Waals surface area contributed by atoms with E-state index in [-0.39, 0.29) is 24.2 Å². The summed E-state index contributed by atoms with van der Waals surface area (Å²) in [7, 11) is 0. The van der Waals surface area contributed by atoms with Gasteiger partial charge >= 0.3 is 5.97 Å². The Balaban J connectivity index is 1.89. The predicted octanol–water partition coefficient (Wildman–Crippen LogP) is 6.20. The Hall–Kier alpha value is -2.93. The zero-order valence-electron chi connectivity index (χ0n) is 18.1. The van der Waals surface area contributed by atoms with Crippen molar-refractivity contribution in [2.24, 2.45) is 0 Å². The van der Waals surface area contributed by atoms with Crippen LogP contribution in [0.25, 0.3) is 0 Å². The number of ether oxygens (including phenoxy) is 1. The smallest absolute Gasteiger partial charge is 0.338 e. The highest BCUT2D eigenvalue weighted by Crippen LogP contribution is 2.25.